The first-order valence-electron chi connectivity index (χ1n) is 7.79. The number of anilines is 1. The number of aryl methyl sites for hydroxylation is 1. The molecule has 3 rings (SSSR count). The molecule has 1 heterocycles. The number of thiazole rings is 1. The highest BCUT2D eigenvalue weighted by Crippen LogP contribution is 2.37. The number of ether oxygens (including phenoxy) is 2. The van der Waals surface area contributed by atoms with E-state index in [-0.39, 0.29) is 5.91 Å². The van der Waals surface area contributed by atoms with Gasteiger partial charge in [0.25, 0.3) is 5.91 Å². The Hall–Kier alpha value is -2.57. The molecule has 1 amide bonds. The van der Waals surface area contributed by atoms with Crippen LogP contribution in [0.5, 0.6) is 11.5 Å². The maximum Gasteiger partial charge on any atom is 0.268 e. The van der Waals surface area contributed by atoms with Crippen LogP contribution in [0.3, 0.4) is 0 Å². The smallest absolute Gasteiger partial charge is 0.268 e. The SMILES string of the molecule is COc1cc(NC(=O)c2sc(C)nc2-c2ccccc2)c(OC)cc1Cl. The van der Waals surface area contributed by atoms with Crippen LogP contribution < -0.4 is 14.8 Å². The summed E-state index contributed by atoms with van der Waals surface area (Å²) in [6.45, 7) is 1.87. The van der Waals surface area contributed by atoms with E-state index in [1.165, 1.54) is 25.6 Å². The summed E-state index contributed by atoms with van der Waals surface area (Å²) in [6, 6.07) is 12.8. The molecule has 0 aliphatic carbocycles. The van der Waals surface area contributed by atoms with Crippen molar-refractivity contribution in [1.82, 2.24) is 4.98 Å². The molecule has 7 heteroatoms. The Bertz CT molecular complexity index is 941. The predicted octanol–water partition coefficient (Wildman–Crippen LogP) is 5.04. The van der Waals surface area contributed by atoms with Crippen LogP contribution in [0.15, 0.2) is 42.5 Å². The summed E-state index contributed by atoms with van der Waals surface area (Å²) < 4.78 is 10.5. The Kier molecular flexibility index (Phi) is 5.44. The van der Waals surface area contributed by atoms with Crippen LogP contribution in [0, 0.1) is 6.92 Å². The summed E-state index contributed by atoms with van der Waals surface area (Å²) in [5.74, 6) is 0.635. The number of halogens is 1. The number of rotatable bonds is 5. The molecular formula is C19H17ClN2O3S. The zero-order valence-corrected chi connectivity index (χ0v) is 16.1. The van der Waals surface area contributed by atoms with Gasteiger partial charge in [-0.15, -0.1) is 11.3 Å². The lowest BCUT2D eigenvalue weighted by atomic mass is 10.1. The third-order valence-corrected chi connectivity index (χ3v) is 4.97. The summed E-state index contributed by atoms with van der Waals surface area (Å²) in [7, 11) is 3.03. The molecule has 3 aromatic rings. The second kappa shape index (κ2) is 7.76. The molecule has 0 aliphatic heterocycles. The first kappa shape index (κ1) is 18.2. The van der Waals surface area contributed by atoms with E-state index < -0.39 is 0 Å². The highest BCUT2D eigenvalue weighted by molar-refractivity contribution is 7.14. The molecule has 0 fully saturated rings. The fourth-order valence-corrected chi connectivity index (χ4v) is 3.58. The summed E-state index contributed by atoms with van der Waals surface area (Å²) >= 11 is 7.46. The summed E-state index contributed by atoms with van der Waals surface area (Å²) in [6.07, 6.45) is 0. The lowest BCUT2D eigenvalue weighted by molar-refractivity contribution is 0.103. The molecule has 2 aromatic carbocycles. The van der Waals surface area contributed by atoms with Gasteiger partial charge in [-0.3, -0.25) is 4.79 Å². The number of aromatic nitrogens is 1. The third kappa shape index (κ3) is 3.66. The van der Waals surface area contributed by atoms with Gasteiger partial charge in [-0.1, -0.05) is 41.9 Å². The van der Waals surface area contributed by atoms with Gasteiger partial charge in [-0.05, 0) is 6.92 Å². The third-order valence-electron chi connectivity index (χ3n) is 3.71. The average molecular weight is 389 g/mol. The van der Waals surface area contributed by atoms with Gasteiger partial charge in [0.15, 0.2) is 0 Å². The van der Waals surface area contributed by atoms with Crippen molar-refractivity contribution in [1.29, 1.82) is 0 Å². The van der Waals surface area contributed by atoms with Crippen molar-refractivity contribution in [3.8, 4) is 22.8 Å². The highest BCUT2D eigenvalue weighted by Gasteiger charge is 2.20. The van der Waals surface area contributed by atoms with Gasteiger partial charge in [0.05, 0.1) is 35.6 Å². The summed E-state index contributed by atoms with van der Waals surface area (Å²) in [4.78, 5) is 18.0. The van der Waals surface area contributed by atoms with Gasteiger partial charge in [0, 0.05) is 17.7 Å². The topological polar surface area (TPSA) is 60.5 Å². The number of nitrogens with zero attached hydrogens (tertiary/aromatic N) is 1. The Morgan fingerprint density at radius 2 is 1.81 bits per heavy atom. The van der Waals surface area contributed by atoms with Gasteiger partial charge >= 0.3 is 0 Å². The highest BCUT2D eigenvalue weighted by atomic mass is 35.5. The number of methoxy groups -OCH3 is 2. The van der Waals surface area contributed by atoms with Crippen LogP contribution in [-0.2, 0) is 0 Å². The minimum Gasteiger partial charge on any atom is -0.495 e. The molecule has 0 saturated carbocycles. The average Bonchev–Trinajstić information content (AvgIpc) is 3.05. The zero-order chi connectivity index (χ0) is 18.7. The molecule has 0 bridgehead atoms. The van der Waals surface area contributed by atoms with E-state index in [0.717, 1.165) is 10.6 Å². The van der Waals surface area contributed by atoms with E-state index in [1.54, 1.807) is 12.1 Å². The van der Waals surface area contributed by atoms with E-state index in [2.05, 4.69) is 10.3 Å². The van der Waals surface area contributed by atoms with Gasteiger partial charge in [-0.25, -0.2) is 4.98 Å². The Balaban J connectivity index is 1.97. The van der Waals surface area contributed by atoms with E-state index in [1.807, 2.05) is 37.3 Å². The van der Waals surface area contributed by atoms with Crippen LogP contribution in [0.1, 0.15) is 14.7 Å². The van der Waals surface area contributed by atoms with Gasteiger partial charge in [0.2, 0.25) is 0 Å². The molecule has 0 radical (unpaired) electrons. The molecule has 0 saturated heterocycles. The molecule has 0 aliphatic rings. The van der Waals surface area contributed by atoms with Crippen molar-refractivity contribution in [3.63, 3.8) is 0 Å². The lowest BCUT2D eigenvalue weighted by Gasteiger charge is -2.13. The predicted molar refractivity (Wildman–Crippen MR) is 105 cm³/mol. The zero-order valence-electron chi connectivity index (χ0n) is 14.5. The molecule has 26 heavy (non-hydrogen) atoms. The van der Waals surface area contributed by atoms with E-state index in [9.17, 15) is 4.79 Å². The molecule has 0 spiro atoms. The Labute approximate surface area is 160 Å². The first-order valence-corrected chi connectivity index (χ1v) is 8.98. The standard InChI is InChI=1S/C19H17ClN2O3S/c1-11-21-17(12-7-5-4-6-8-12)18(26-11)19(23)22-14-10-15(24-2)13(20)9-16(14)25-3/h4-10H,1-3H3,(H,22,23). The van der Waals surface area contributed by atoms with Crippen molar-refractivity contribution in [2.45, 2.75) is 6.92 Å². The van der Waals surface area contributed by atoms with Crippen molar-refractivity contribution in [3.05, 3.63) is 57.4 Å². The lowest BCUT2D eigenvalue weighted by Crippen LogP contribution is -2.12. The van der Waals surface area contributed by atoms with Crippen LogP contribution in [0.2, 0.25) is 5.02 Å². The Morgan fingerprint density at radius 1 is 1.12 bits per heavy atom. The largest absolute Gasteiger partial charge is 0.495 e. The van der Waals surface area contributed by atoms with Gasteiger partial charge in [0.1, 0.15) is 16.4 Å². The maximum absolute atomic E-state index is 12.9. The number of hydrogen-bond acceptors (Lipinski definition) is 5. The fourth-order valence-electron chi connectivity index (χ4n) is 2.51. The van der Waals surface area contributed by atoms with Crippen LogP contribution in [-0.4, -0.2) is 25.1 Å². The maximum atomic E-state index is 12.9. The van der Waals surface area contributed by atoms with E-state index in [0.29, 0.717) is 32.8 Å². The molecule has 1 N–H and O–H groups in total. The number of carbonyl (C=O) groups is 1. The number of benzene rings is 2. The van der Waals surface area contributed by atoms with Crippen LogP contribution in [0.4, 0.5) is 5.69 Å². The summed E-state index contributed by atoms with van der Waals surface area (Å²) in [5, 5.41) is 4.09. The van der Waals surface area contributed by atoms with Crippen molar-refractivity contribution < 1.29 is 14.3 Å². The number of amides is 1. The Morgan fingerprint density at radius 3 is 2.46 bits per heavy atom. The molecule has 0 atom stereocenters. The summed E-state index contributed by atoms with van der Waals surface area (Å²) in [5.41, 5.74) is 2.02. The quantitative estimate of drug-likeness (QED) is 0.665. The monoisotopic (exact) mass is 388 g/mol. The van der Waals surface area contributed by atoms with E-state index in [4.69, 9.17) is 21.1 Å². The molecule has 1 aromatic heterocycles. The fraction of sp³-hybridized carbons (Fsp3) is 0.158. The second-order valence-corrected chi connectivity index (χ2v) is 7.03. The van der Waals surface area contributed by atoms with E-state index >= 15 is 0 Å². The van der Waals surface area contributed by atoms with Gasteiger partial charge in [-0.2, -0.15) is 0 Å². The number of carbonyl (C=O) groups excluding carboxylic acids is 1. The molecule has 5 nitrogen and oxygen atoms in total. The normalized spacial score (nSPS) is 10.5. The molecular weight excluding hydrogens is 372 g/mol. The first-order chi connectivity index (χ1) is 12.5. The number of hydrogen-bond donors (Lipinski definition) is 1. The molecule has 134 valence electrons. The van der Waals surface area contributed by atoms with Crippen molar-refractivity contribution in [2.24, 2.45) is 0 Å². The second-order valence-electron chi connectivity index (χ2n) is 5.42. The van der Waals surface area contributed by atoms with Crippen molar-refractivity contribution in [2.75, 3.05) is 19.5 Å². The number of nitrogens with one attached hydrogen (secondary N) is 1. The molecule has 0 unspecified atom stereocenters. The minimum absolute atomic E-state index is 0.267. The van der Waals surface area contributed by atoms with Crippen LogP contribution >= 0.6 is 22.9 Å². The van der Waals surface area contributed by atoms with Crippen LogP contribution in [0.25, 0.3) is 11.3 Å². The minimum atomic E-state index is -0.267. The van der Waals surface area contributed by atoms with Gasteiger partial charge < -0.3 is 14.8 Å². The van der Waals surface area contributed by atoms with Crippen molar-refractivity contribution >= 4 is 34.5 Å².